The van der Waals surface area contributed by atoms with Crippen LogP contribution in [0.15, 0.2) is 12.1 Å². The Balaban J connectivity index is 2.12. The van der Waals surface area contributed by atoms with Crippen molar-refractivity contribution in [2.24, 2.45) is 0 Å². The lowest BCUT2D eigenvalue weighted by molar-refractivity contribution is -0.384. The van der Waals surface area contributed by atoms with Crippen molar-refractivity contribution in [1.82, 2.24) is 0 Å². The highest BCUT2D eigenvalue weighted by atomic mass is 16.6. The van der Waals surface area contributed by atoms with Crippen molar-refractivity contribution < 1.29 is 14.5 Å². The Morgan fingerprint density at radius 3 is 2.90 bits per heavy atom. The minimum atomic E-state index is -0.450. The maximum atomic E-state index is 11.3. The van der Waals surface area contributed by atoms with Gasteiger partial charge < -0.3 is 15.4 Å². The number of hydrogen-bond acceptors (Lipinski definition) is 5. The number of hydrogen-bond donors (Lipinski definition) is 2. The van der Waals surface area contributed by atoms with E-state index in [4.69, 9.17) is 4.74 Å². The number of fused-ring (bicyclic) bond motifs is 1. The fourth-order valence-corrected chi connectivity index (χ4v) is 2.18. The molecule has 0 radical (unpaired) electrons. The number of rotatable bonds is 7. The first-order valence-corrected chi connectivity index (χ1v) is 7.10. The van der Waals surface area contributed by atoms with Crippen LogP contribution in [0.25, 0.3) is 0 Å². The molecule has 0 saturated heterocycles. The zero-order valence-electron chi connectivity index (χ0n) is 12.0. The summed E-state index contributed by atoms with van der Waals surface area (Å²) < 4.78 is 5.19. The molecule has 2 rings (SSSR count). The van der Waals surface area contributed by atoms with Crippen LogP contribution in [0.2, 0.25) is 0 Å². The van der Waals surface area contributed by atoms with Gasteiger partial charge >= 0.3 is 0 Å². The van der Waals surface area contributed by atoms with E-state index in [9.17, 15) is 14.9 Å². The molecule has 0 saturated carbocycles. The zero-order chi connectivity index (χ0) is 15.2. The minimum absolute atomic E-state index is 0.0413. The van der Waals surface area contributed by atoms with Crippen molar-refractivity contribution in [3.63, 3.8) is 0 Å². The third kappa shape index (κ3) is 3.84. The largest absolute Gasteiger partial charge is 0.481 e. The normalized spacial score (nSPS) is 13.1. The number of amides is 1. The van der Waals surface area contributed by atoms with Crippen molar-refractivity contribution in [3.05, 3.63) is 22.2 Å². The lowest BCUT2D eigenvalue weighted by atomic mass is 10.2. The van der Waals surface area contributed by atoms with Gasteiger partial charge in [-0.1, -0.05) is 26.2 Å². The highest BCUT2D eigenvalue weighted by Gasteiger charge is 2.23. The molecule has 7 nitrogen and oxygen atoms in total. The number of nitrogens with one attached hydrogen (secondary N) is 2. The van der Waals surface area contributed by atoms with Gasteiger partial charge in [0.15, 0.2) is 12.4 Å². The van der Waals surface area contributed by atoms with Crippen LogP contribution >= 0.6 is 0 Å². The van der Waals surface area contributed by atoms with Gasteiger partial charge in [0.05, 0.1) is 16.7 Å². The van der Waals surface area contributed by atoms with Gasteiger partial charge in [-0.05, 0) is 12.5 Å². The number of carbonyl (C=O) groups excluding carboxylic acids is 1. The molecule has 1 aromatic carbocycles. The van der Waals surface area contributed by atoms with Crippen molar-refractivity contribution in [1.29, 1.82) is 0 Å². The first-order valence-electron chi connectivity index (χ1n) is 7.10. The Hall–Kier alpha value is -2.31. The second-order valence-electron chi connectivity index (χ2n) is 4.95. The molecule has 21 heavy (non-hydrogen) atoms. The molecule has 0 atom stereocenters. The Labute approximate surface area is 122 Å². The van der Waals surface area contributed by atoms with Crippen molar-refractivity contribution in [3.8, 4) is 5.75 Å². The summed E-state index contributed by atoms with van der Waals surface area (Å²) in [5, 5.41) is 16.9. The Bertz CT molecular complexity index is 545. The smallest absolute Gasteiger partial charge is 0.296 e. The predicted molar refractivity (Wildman–Crippen MR) is 79.9 cm³/mol. The first-order chi connectivity index (χ1) is 10.1. The SMILES string of the molecule is CCCCCCNc1cc2c(cc1[N+](=O)[O-])OCC(=O)N2. The number of benzene rings is 1. The van der Waals surface area contributed by atoms with Crippen LogP contribution in [-0.4, -0.2) is 24.0 Å². The summed E-state index contributed by atoms with van der Waals surface area (Å²) in [5.41, 5.74) is 0.828. The molecular weight excluding hydrogens is 274 g/mol. The number of anilines is 2. The summed E-state index contributed by atoms with van der Waals surface area (Å²) in [4.78, 5) is 22.0. The molecule has 1 aliphatic heterocycles. The van der Waals surface area contributed by atoms with Crippen molar-refractivity contribution in [2.75, 3.05) is 23.8 Å². The summed E-state index contributed by atoms with van der Waals surface area (Å²) in [5.74, 6) is 0.0723. The first kappa shape index (κ1) is 15.1. The van der Waals surface area contributed by atoms with Gasteiger partial charge in [0.25, 0.3) is 11.6 Å². The molecule has 0 bridgehead atoms. The van der Waals surface area contributed by atoms with E-state index in [0.29, 0.717) is 23.7 Å². The van der Waals surface area contributed by atoms with E-state index in [1.165, 1.54) is 6.07 Å². The van der Waals surface area contributed by atoms with Crippen LogP contribution in [0, 0.1) is 10.1 Å². The summed E-state index contributed by atoms with van der Waals surface area (Å²) in [6.07, 6.45) is 4.33. The fourth-order valence-electron chi connectivity index (χ4n) is 2.18. The van der Waals surface area contributed by atoms with Crippen LogP contribution in [0.1, 0.15) is 32.6 Å². The summed E-state index contributed by atoms with van der Waals surface area (Å²) in [6, 6.07) is 2.91. The molecule has 114 valence electrons. The average Bonchev–Trinajstić information content (AvgIpc) is 2.46. The molecule has 0 aliphatic carbocycles. The van der Waals surface area contributed by atoms with Gasteiger partial charge in [0.2, 0.25) is 0 Å². The number of nitrogens with zero attached hydrogens (tertiary/aromatic N) is 1. The molecule has 0 aromatic heterocycles. The lowest BCUT2D eigenvalue weighted by Crippen LogP contribution is -2.25. The quantitative estimate of drug-likeness (QED) is 0.458. The van der Waals surface area contributed by atoms with Gasteiger partial charge in [0.1, 0.15) is 5.69 Å². The Kier molecular flexibility index (Phi) is 4.97. The van der Waals surface area contributed by atoms with Crippen LogP contribution in [-0.2, 0) is 4.79 Å². The second-order valence-corrected chi connectivity index (χ2v) is 4.95. The van der Waals surface area contributed by atoms with Gasteiger partial charge in [-0.2, -0.15) is 0 Å². The third-order valence-corrected chi connectivity index (χ3v) is 3.27. The summed E-state index contributed by atoms with van der Waals surface area (Å²) in [6.45, 7) is 2.67. The van der Waals surface area contributed by atoms with Crippen LogP contribution in [0.4, 0.5) is 17.1 Å². The lowest BCUT2D eigenvalue weighted by Gasteiger charge is -2.19. The number of nitro benzene ring substituents is 1. The number of unbranched alkanes of at least 4 members (excludes halogenated alkanes) is 3. The number of ether oxygens (including phenoxy) is 1. The van der Waals surface area contributed by atoms with E-state index in [1.807, 2.05) is 0 Å². The highest BCUT2D eigenvalue weighted by molar-refractivity contribution is 5.96. The second kappa shape index (κ2) is 6.92. The van der Waals surface area contributed by atoms with Gasteiger partial charge in [-0.3, -0.25) is 14.9 Å². The Morgan fingerprint density at radius 1 is 1.38 bits per heavy atom. The van der Waals surface area contributed by atoms with Crippen molar-refractivity contribution >= 4 is 23.0 Å². The monoisotopic (exact) mass is 293 g/mol. The molecular formula is C14H19N3O4. The summed E-state index contributed by atoms with van der Waals surface area (Å²) in [7, 11) is 0. The molecule has 1 heterocycles. The van der Waals surface area contributed by atoms with Crippen LogP contribution in [0.3, 0.4) is 0 Å². The maximum Gasteiger partial charge on any atom is 0.296 e. The number of nitro groups is 1. The topological polar surface area (TPSA) is 93.5 Å². The molecule has 0 fully saturated rings. The van der Waals surface area contributed by atoms with E-state index >= 15 is 0 Å². The van der Waals surface area contributed by atoms with E-state index < -0.39 is 4.92 Å². The molecule has 1 aliphatic rings. The third-order valence-electron chi connectivity index (χ3n) is 3.27. The Morgan fingerprint density at radius 2 is 2.19 bits per heavy atom. The van der Waals surface area contributed by atoms with Crippen LogP contribution < -0.4 is 15.4 Å². The molecule has 2 N–H and O–H groups in total. The van der Waals surface area contributed by atoms with Gasteiger partial charge in [-0.25, -0.2) is 0 Å². The highest BCUT2D eigenvalue weighted by Crippen LogP contribution is 2.37. The van der Waals surface area contributed by atoms with E-state index in [1.54, 1.807) is 6.07 Å². The van der Waals surface area contributed by atoms with Crippen LogP contribution in [0.5, 0.6) is 5.75 Å². The zero-order valence-corrected chi connectivity index (χ0v) is 12.0. The number of carbonyl (C=O) groups is 1. The van der Waals surface area contributed by atoms with E-state index in [0.717, 1.165) is 25.7 Å². The molecule has 1 aromatic rings. The minimum Gasteiger partial charge on any atom is -0.481 e. The molecule has 7 heteroatoms. The standard InChI is InChI=1S/C14H19N3O4/c1-2-3-4-5-6-15-10-7-11-13(8-12(10)17(19)20)21-9-14(18)16-11/h7-8,15H,2-6,9H2,1H3,(H,16,18). The molecule has 0 unspecified atom stereocenters. The van der Waals surface area contributed by atoms with Crippen molar-refractivity contribution in [2.45, 2.75) is 32.6 Å². The van der Waals surface area contributed by atoms with E-state index in [-0.39, 0.29) is 18.2 Å². The average molecular weight is 293 g/mol. The van der Waals surface area contributed by atoms with E-state index in [2.05, 4.69) is 17.6 Å². The molecule has 0 spiro atoms. The van der Waals surface area contributed by atoms with Gasteiger partial charge in [0, 0.05) is 6.54 Å². The van der Waals surface area contributed by atoms with Gasteiger partial charge in [-0.15, -0.1) is 0 Å². The predicted octanol–water partition coefficient (Wildman–Crippen LogP) is 2.92. The summed E-state index contributed by atoms with van der Waals surface area (Å²) >= 11 is 0. The fraction of sp³-hybridized carbons (Fsp3) is 0.500. The maximum absolute atomic E-state index is 11.3. The molecule has 1 amide bonds.